The molecule has 0 N–H and O–H groups in total. The minimum atomic E-state index is 0.788. The number of benzene rings is 1. The fourth-order valence-corrected chi connectivity index (χ4v) is 1.62. The molecule has 0 unspecified atom stereocenters. The van der Waals surface area contributed by atoms with Gasteiger partial charge in [-0.2, -0.15) is 12.6 Å². The van der Waals surface area contributed by atoms with Crippen LogP contribution in [0.2, 0.25) is 0 Å². The van der Waals surface area contributed by atoms with Gasteiger partial charge in [0.2, 0.25) is 0 Å². The van der Waals surface area contributed by atoms with Crippen molar-refractivity contribution in [2.45, 2.75) is 38.4 Å². The van der Waals surface area contributed by atoms with Crippen molar-refractivity contribution in [1.82, 2.24) is 0 Å². The number of ether oxygens (including phenoxy) is 1. The number of rotatable bonds is 7. The molecule has 0 bridgehead atoms. The van der Waals surface area contributed by atoms with E-state index in [0.717, 1.165) is 24.5 Å². The molecule has 15 heavy (non-hydrogen) atoms. The molecule has 0 aliphatic carbocycles. The molecule has 0 aliphatic rings. The minimum absolute atomic E-state index is 0.788. The van der Waals surface area contributed by atoms with Gasteiger partial charge in [0.1, 0.15) is 5.75 Å². The van der Waals surface area contributed by atoms with Crippen LogP contribution in [0.25, 0.3) is 0 Å². The third-order valence-corrected chi connectivity index (χ3v) is 2.74. The van der Waals surface area contributed by atoms with E-state index in [-0.39, 0.29) is 0 Å². The Morgan fingerprint density at radius 3 is 2.40 bits per heavy atom. The topological polar surface area (TPSA) is 9.23 Å². The zero-order valence-electron chi connectivity index (χ0n) is 9.41. The highest BCUT2D eigenvalue weighted by molar-refractivity contribution is 7.79. The van der Waals surface area contributed by atoms with Crippen LogP contribution in [0.3, 0.4) is 0 Å². The van der Waals surface area contributed by atoms with Crippen molar-refractivity contribution in [3.8, 4) is 5.75 Å². The molecule has 0 spiro atoms. The summed E-state index contributed by atoms with van der Waals surface area (Å²) in [5.41, 5.74) is 1.23. The minimum Gasteiger partial charge on any atom is -0.494 e. The van der Waals surface area contributed by atoms with Crippen molar-refractivity contribution >= 4 is 12.6 Å². The normalized spacial score (nSPS) is 10.3. The second kappa shape index (κ2) is 7.63. The standard InChI is InChI=1S/C13H20OS/c1-2-3-4-5-10-14-13-8-6-12(11-15)7-9-13/h6-9,15H,2-5,10-11H2,1H3. The van der Waals surface area contributed by atoms with Gasteiger partial charge in [-0.25, -0.2) is 0 Å². The van der Waals surface area contributed by atoms with Crippen molar-refractivity contribution in [3.05, 3.63) is 29.8 Å². The maximum atomic E-state index is 5.63. The fourth-order valence-electron chi connectivity index (χ4n) is 1.41. The van der Waals surface area contributed by atoms with Crippen LogP contribution in [0.4, 0.5) is 0 Å². The van der Waals surface area contributed by atoms with Gasteiger partial charge in [0.15, 0.2) is 0 Å². The molecule has 0 saturated carbocycles. The predicted octanol–water partition coefficient (Wildman–Crippen LogP) is 4.08. The van der Waals surface area contributed by atoms with Crippen molar-refractivity contribution < 1.29 is 4.74 Å². The highest BCUT2D eigenvalue weighted by atomic mass is 32.1. The van der Waals surface area contributed by atoms with E-state index in [1.54, 1.807) is 0 Å². The zero-order chi connectivity index (χ0) is 10.9. The summed E-state index contributed by atoms with van der Waals surface area (Å²) in [6.07, 6.45) is 5.01. The van der Waals surface area contributed by atoms with Crippen LogP contribution in [-0.4, -0.2) is 6.61 Å². The molecule has 0 saturated heterocycles. The van der Waals surface area contributed by atoms with E-state index < -0.39 is 0 Å². The molecular formula is C13H20OS. The third kappa shape index (κ3) is 5.12. The van der Waals surface area contributed by atoms with Gasteiger partial charge >= 0.3 is 0 Å². The van der Waals surface area contributed by atoms with Crippen LogP contribution >= 0.6 is 12.6 Å². The Kier molecular flexibility index (Phi) is 6.33. The van der Waals surface area contributed by atoms with E-state index in [2.05, 4.69) is 31.7 Å². The monoisotopic (exact) mass is 224 g/mol. The molecular weight excluding hydrogens is 204 g/mol. The number of thiol groups is 1. The highest BCUT2D eigenvalue weighted by Gasteiger charge is 1.94. The van der Waals surface area contributed by atoms with Crippen LogP contribution in [-0.2, 0) is 5.75 Å². The predicted molar refractivity (Wildman–Crippen MR) is 68.8 cm³/mol. The fraction of sp³-hybridized carbons (Fsp3) is 0.538. The summed E-state index contributed by atoms with van der Waals surface area (Å²) in [5.74, 6) is 1.76. The van der Waals surface area contributed by atoms with Crippen LogP contribution < -0.4 is 4.74 Å². The van der Waals surface area contributed by atoms with E-state index in [1.807, 2.05) is 12.1 Å². The van der Waals surface area contributed by atoms with Gasteiger partial charge in [-0.1, -0.05) is 38.3 Å². The SMILES string of the molecule is CCCCCCOc1ccc(CS)cc1. The van der Waals surface area contributed by atoms with E-state index in [0.29, 0.717) is 0 Å². The molecule has 0 radical (unpaired) electrons. The Labute approximate surface area is 98.3 Å². The van der Waals surface area contributed by atoms with Gasteiger partial charge in [-0.15, -0.1) is 0 Å². The largest absolute Gasteiger partial charge is 0.494 e. The van der Waals surface area contributed by atoms with Crippen molar-refractivity contribution in [1.29, 1.82) is 0 Å². The lowest BCUT2D eigenvalue weighted by Crippen LogP contribution is -1.97. The molecule has 2 heteroatoms. The lowest BCUT2D eigenvalue weighted by molar-refractivity contribution is 0.305. The summed E-state index contributed by atoms with van der Waals surface area (Å²) in [6.45, 7) is 3.05. The molecule has 0 aromatic heterocycles. The van der Waals surface area contributed by atoms with Crippen LogP contribution in [0.15, 0.2) is 24.3 Å². The second-order valence-electron chi connectivity index (χ2n) is 3.71. The maximum absolute atomic E-state index is 5.63. The van der Waals surface area contributed by atoms with Crippen molar-refractivity contribution in [2.24, 2.45) is 0 Å². The average Bonchev–Trinajstić information content (AvgIpc) is 2.30. The number of hydrogen-bond donors (Lipinski definition) is 1. The summed E-state index contributed by atoms with van der Waals surface area (Å²) in [6, 6.07) is 8.17. The summed E-state index contributed by atoms with van der Waals surface area (Å²) in [4.78, 5) is 0. The number of hydrogen-bond acceptors (Lipinski definition) is 2. The lowest BCUT2D eigenvalue weighted by atomic mass is 10.2. The average molecular weight is 224 g/mol. The third-order valence-electron chi connectivity index (χ3n) is 2.37. The second-order valence-corrected chi connectivity index (χ2v) is 4.03. The van der Waals surface area contributed by atoms with E-state index in [1.165, 1.54) is 24.8 Å². The van der Waals surface area contributed by atoms with E-state index >= 15 is 0 Å². The van der Waals surface area contributed by atoms with Gasteiger partial charge < -0.3 is 4.74 Å². The van der Waals surface area contributed by atoms with Crippen LogP contribution in [0, 0.1) is 0 Å². The zero-order valence-corrected chi connectivity index (χ0v) is 10.3. The molecule has 84 valence electrons. The van der Waals surface area contributed by atoms with Gasteiger partial charge in [-0.05, 0) is 24.1 Å². The summed E-state index contributed by atoms with van der Waals surface area (Å²) in [7, 11) is 0. The van der Waals surface area contributed by atoms with Crippen molar-refractivity contribution in [2.75, 3.05) is 6.61 Å². The molecule has 0 amide bonds. The molecule has 0 atom stereocenters. The smallest absolute Gasteiger partial charge is 0.119 e. The first kappa shape index (κ1) is 12.4. The van der Waals surface area contributed by atoms with Gasteiger partial charge in [0.05, 0.1) is 6.61 Å². The van der Waals surface area contributed by atoms with Crippen molar-refractivity contribution in [3.63, 3.8) is 0 Å². The molecule has 0 heterocycles. The molecule has 1 rings (SSSR count). The Bertz CT molecular complexity index is 256. The molecule has 0 aliphatic heterocycles. The van der Waals surface area contributed by atoms with Gasteiger partial charge in [0, 0.05) is 5.75 Å². The van der Waals surface area contributed by atoms with Crippen LogP contribution in [0.5, 0.6) is 5.75 Å². The Morgan fingerprint density at radius 2 is 1.80 bits per heavy atom. The molecule has 0 fully saturated rings. The lowest BCUT2D eigenvalue weighted by Gasteiger charge is -2.06. The van der Waals surface area contributed by atoms with Gasteiger partial charge in [-0.3, -0.25) is 0 Å². The summed E-state index contributed by atoms with van der Waals surface area (Å²) in [5, 5.41) is 0. The summed E-state index contributed by atoms with van der Waals surface area (Å²) < 4.78 is 5.63. The quantitative estimate of drug-likeness (QED) is 0.542. The first-order valence-corrected chi connectivity index (χ1v) is 6.32. The highest BCUT2D eigenvalue weighted by Crippen LogP contribution is 2.13. The van der Waals surface area contributed by atoms with E-state index in [9.17, 15) is 0 Å². The first-order chi connectivity index (χ1) is 7.36. The van der Waals surface area contributed by atoms with Crippen LogP contribution in [0.1, 0.15) is 38.2 Å². The molecule has 1 aromatic carbocycles. The number of unbranched alkanes of at least 4 members (excludes halogenated alkanes) is 3. The Hall–Kier alpha value is -0.630. The van der Waals surface area contributed by atoms with Gasteiger partial charge in [0.25, 0.3) is 0 Å². The molecule has 1 nitrogen and oxygen atoms in total. The molecule has 1 aromatic rings. The first-order valence-electron chi connectivity index (χ1n) is 5.69. The van der Waals surface area contributed by atoms with E-state index in [4.69, 9.17) is 4.74 Å². The Balaban J connectivity index is 2.20. The summed E-state index contributed by atoms with van der Waals surface area (Å²) >= 11 is 4.21. The Morgan fingerprint density at radius 1 is 1.07 bits per heavy atom. The maximum Gasteiger partial charge on any atom is 0.119 e.